The van der Waals surface area contributed by atoms with Gasteiger partial charge in [0.1, 0.15) is 5.54 Å². The van der Waals surface area contributed by atoms with E-state index >= 15 is 0 Å². The zero-order chi connectivity index (χ0) is 32.9. The molecule has 0 radical (unpaired) electrons. The molecule has 0 spiro atoms. The Balaban J connectivity index is 1.48. The van der Waals surface area contributed by atoms with Crippen molar-refractivity contribution in [3.63, 3.8) is 0 Å². The lowest BCUT2D eigenvalue weighted by molar-refractivity contribution is -0.155. The number of urea groups is 1. The molecule has 2 aliphatic rings. The van der Waals surface area contributed by atoms with Crippen molar-refractivity contribution in [2.24, 2.45) is 5.41 Å². The number of anilines is 1. The summed E-state index contributed by atoms with van der Waals surface area (Å²) >= 11 is 0. The van der Waals surface area contributed by atoms with Crippen LogP contribution in [0.1, 0.15) is 52.2 Å². The maximum Gasteiger partial charge on any atom is 0.323 e. The second-order valence-electron chi connectivity index (χ2n) is 13.7. The molecule has 0 bridgehead atoms. The number of piperazine rings is 1. The van der Waals surface area contributed by atoms with Gasteiger partial charge in [-0.3, -0.25) is 19.5 Å². The number of carbonyl (C=O) groups is 3. The number of rotatable bonds is 8. The molecule has 2 fully saturated rings. The second kappa shape index (κ2) is 14.0. The molecule has 0 aliphatic carbocycles. The van der Waals surface area contributed by atoms with Crippen LogP contribution in [-0.4, -0.2) is 89.5 Å². The first-order valence-corrected chi connectivity index (χ1v) is 15.6. The number of nitrogens with zero attached hydrogens (tertiary/aromatic N) is 4. The van der Waals surface area contributed by atoms with Gasteiger partial charge in [0.2, 0.25) is 5.91 Å². The van der Waals surface area contributed by atoms with E-state index in [0.717, 1.165) is 55.2 Å². The van der Waals surface area contributed by atoms with E-state index in [1.807, 2.05) is 43.5 Å². The van der Waals surface area contributed by atoms with E-state index in [1.54, 1.807) is 25.8 Å². The Hall–Kier alpha value is -4.02. The van der Waals surface area contributed by atoms with Crippen molar-refractivity contribution in [2.45, 2.75) is 60.0 Å². The summed E-state index contributed by atoms with van der Waals surface area (Å²) in [5.74, 6) is -0.528. The fourth-order valence-corrected chi connectivity index (χ4v) is 5.46. The van der Waals surface area contributed by atoms with Gasteiger partial charge in [0.25, 0.3) is 5.91 Å². The normalized spacial score (nSPS) is 17.7. The maximum absolute atomic E-state index is 13.7. The van der Waals surface area contributed by atoms with E-state index in [0.29, 0.717) is 30.9 Å². The summed E-state index contributed by atoms with van der Waals surface area (Å²) in [6.45, 7) is 20.7. The predicted molar refractivity (Wildman–Crippen MR) is 177 cm³/mol. The molecule has 2 aromatic rings. The lowest BCUT2D eigenvalue weighted by Gasteiger charge is -2.45. The lowest BCUT2D eigenvalue weighted by atomic mass is 9.91. The predicted octanol–water partition coefficient (Wildman–Crippen LogP) is 4.97. The monoisotopic (exact) mass is 616 g/mol. The van der Waals surface area contributed by atoms with Crippen LogP contribution in [-0.2, 0) is 20.9 Å². The number of carbonyl (C=O) groups excluding carboxylic acids is 3. The number of hydrogen-bond donors (Lipinski definition) is 2. The highest BCUT2D eigenvalue weighted by Gasteiger charge is 2.43. The average molecular weight is 617 g/mol. The zero-order valence-electron chi connectivity index (χ0n) is 27.8. The van der Waals surface area contributed by atoms with Crippen LogP contribution in [0, 0.1) is 12.3 Å². The Morgan fingerprint density at radius 2 is 1.80 bits per heavy atom. The van der Waals surface area contributed by atoms with Crippen molar-refractivity contribution < 1.29 is 19.1 Å². The lowest BCUT2D eigenvalue weighted by Crippen LogP contribution is -2.64. The van der Waals surface area contributed by atoms with Gasteiger partial charge in [-0.2, -0.15) is 0 Å². The van der Waals surface area contributed by atoms with Crippen LogP contribution >= 0.6 is 0 Å². The zero-order valence-corrected chi connectivity index (χ0v) is 27.8. The number of pyridine rings is 1. The Bertz CT molecular complexity index is 1450. The number of allylic oxidation sites excluding steroid dienone is 1. The number of ether oxygens (including phenoxy) is 1. The molecule has 10 nitrogen and oxygen atoms in total. The van der Waals surface area contributed by atoms with Gasteiger partial charge in [0.15, 0.2) is 0 Å². The van der Waals surface area contributed by atoms with Crippen molar-refractivity contribution in [1.29, 1.82) is 0 Å². The highest BCUT2D eigenvalue weighted by atomic mass is 16.5. The first-order valence-electron chi connectivity index (χ1n) is 15.6. The molecule has 2 aliphatic heterocycles. The Kier molecular flexibility index (Phi) is 10.5. The molecule has 0 unspecified atom stereocenters. The number of benzene rings is 1. The van der Waals surface area contributed by atoms with Crippen LogP contribution in [0.3, 0.4) is 0 Å². The smallest absolute Gasteiger partial charge is 0.323 e. The standard InChI is InChI=1S/C35H48N6O4/c1-24-9-11-27(21-28(24)30-12-10-26(22-36-30)23-40-17-19-45-20-18-40)37-33(44)38-29(13-14-34(3,4)5)25(2)31(42)41-16-15-39(8)32(43)35(41,6)7/h9-13,21-22H,2,14-20,23H2,1,3-8H3,(H2,37,38,44). The van der Waals surface area contributed by atoms with Gasteiger partial charge in [-0.1, -0.05) is 45.6 Å². The first kappa shape index (κ1) is 33.9. The number of hydrogen-bond acceptors (Lipinski definition) is 6. The summed E-state index contributed by atoms with van der Waals surface area (Å²) in [6.07, 6.45) is 4.33. The van der Waals surface area contributed by atoms with Crippen molar-refractivity contribution in [3.05, 3.63) is 71.6 Å². The van der Waals surface area contributed by atoms with Crippen LogP contribution in [0.4, 0.5) is 10.5 Å². The van der Waals surface area contributed by atoms with Gasteiger partial charge in [-0.05, 0) is 61.9 Å². The SMILES string of the molecule is C=C(C(=O)N1CCN(C)C(=O)C1(C)C)C(=CCC(C)(C)C)NC(=O)Nc1ccc(C)c(-c2ccc(CN3CCOCC3)cn2)c1. The van der Waals surface area contributed by atoms with Crippen LogP contribution in [0.2, 0.25) is 0 Å². The molecular formula is C35H48N6O4. The van der Waals surface area contributed by atoms with Crippen LogP contribution in [0.5, 0.6) is 0 Å². The van der Waals surface area contributed by atoms with Crippen LogP contribution < -0.4 is 10.6 Å². The molecule has 2 saturated heterocycles. The van der Waals surface area contributed by atoms with E-state index in [2.05, 4.69) is 49.0 Å². The van der Waals surface area contributed by atoms with Gasteiger partial charge >= 0.3 is 6.03 Å². The minimum absolute atomic E-state index is 0.0909. The number of aromatic nitrogens is 1. The van der Waals surface area contributed by atoms with E-state index in [4.69, 9.17) is 9.72 Å². The van der Waals surface area contributed by atoms with Crippen molar-refractivity contribution in [1.82, 2.24) is 25.0 Å². The molecule has 0 saturated carbocycles. The molecule has 0 atom stereocenters. The third kappa shape index (κ3) is 8.58. The third-order valence-corrected chi connectivity index (χ3v) is 8.31. The van der Waals surface area contributed by atoms with Gasteiger partial charge in [-0.25, -0.2) is 4.79 Å². The first-order chi connectivity index (χ1) is 21.2. The molecule has 45 heavy (non-hydrogen) atoms. The fraction of sp³-hybridized carbons (Fsp3) is 0.486. The summed E-state index contributed by atoms with van der Waals surface area (Å²) in [6, 6.07) is 9.28. The van der Waals surface area contributed by atoms with E-state index < -0.39 is 11.6 Å². The topological polar surface area (TPSA) is 107 Å². The summed E-state index contributed by atoms with van der Waals surface area (Å²) in [7, 11) is 1.73. The molecule has 4 rings (SSSR count). The van der Waals surface area contributed by atoms with Crippen molar-refractivity contribution >= 4 is 23.5 Å². The fourth-order valence-electron chi connectivity index (χ4n) is 5.46. The summed E-state index contributed by atoms with van der Waals surface area (Å²) < 4.78 is 5.45. The Morgan fingerprint density at radius 1 is 1.09 bits per heavy atom. The molecule has 3 heterocycles. The molecule has 1 aromatic heterocycles. The molecule has 242 valence electrons. The van der Waals surface area contributed by atoms with Gasteiger partial charge in [0, 0.05) is 57.2 Å². The van der Waals surface area contributed by atoms with Crippen LogP contribution in [0.25, 0.3) is 11.3 Å². The largest absolute Gasteiger partial charge is 0.379 e. The Morgan fingerprint density at radius 3 is 2.44 bits per heavy atom. The van der Waals surface area contributed by atoms with Gasteiger partial charge in [-0.15, -0.1) is 0 Å². The second-order valence-corrected chi connectivity index (χ2v) is 13.7. The summed E-state index contributed by atoms with van der Waals surface area (Å²) in [4.78, 5) is 50.1. The average Bonchev–Trinajstić information content (AvgIpc) is 2.99. The van der Waals surface area contributed by atoms with Gasteiger partial charge < -0.3 is 25.2 Å². The number of nitrogens with one attached hydrogen (secondary N) is 2. The minimum Gasteiger partial charge on any atom is -0.379 e. The molecular weight excluding hydrogens is 568 g/mol. The maximum atomic E-state index is 13.7. The highest BCUT2D eigenvalue weighted by molar-refractivity contribution is 6.03. The van der Waals surface area contributed by atoms with E-state index in [9.17, 15) is 14.4 Å². The summed E-state index contributed by atoms with van der Waals surface area (Å²) in [5.41, 5.74) is 3.82. The van der Waals surface area contributed by atoms with Crippen molar-refractivity contribution in [2.75, 3.05) is 51.8 Å². The number of likely N-dealkylation sites (N-methyl/N-ethyl adjacent to an activating group) is 1. The molecule has 4 amide bonds. The molecule has 2 N–H and O–H groups in total. The molecule has 1 aromatic carbocycles. The molecule has 10 heteroatoms. The highest BCUT2D eigenvalue weighted by Crippen LogP contribution is 2.28. The van der Waals surface area contributed by atoms with Crippen molar-refractivity contribution in [3.8, 4) is 11.3 Å². The third-order valence-electron chi connectivity index (χ3n) is 8.31. The van der Waals surface area contributed by atoms with E-state index in [1.165, 1.54) is 4.90 Å². The Labute approximate surface area is 267 Å². The number of aryl methyl sites for hydroxylation is 1. The van der Waals surface area contributed by atoms with Gasteiger partial charge in [0.05, 0.1) is 30.2 Å². The number of morpholine rings is 1. The quantitative estimate of drug-likeness (QED) is 0.321. The van der Waals surface area contributed by atoms with E-state index in [-0.39, 0.29) is 22.8 Å². The minimum atomic E-state index is -1.03. The van der Waals surface area contributed by atoms with Crippen LogP contribution in [0.15, 0.2) is 60.5 Å². The number of amides is 4. The summed E-state index contributed by atoms with van der Waals surface area (Å²) in [5, 5.41) is 5.78.